The van der Waals surface area contributed by atoms with E-state index in [-0.39, 0.29) is 12.5 Å². The second kappa shape index (κ2) is 12.1. The van der Waals surface area contributed by atoms with E-state index in [9.17, 15) is 4.79 Å². The average Bonchev–Trinajstić information content (AvgIpc) is 2.83. The first-order chi connectivity index (χ1) is 15.7. The van der Waals surface area contributed by atoms with Gasteiger partial charge in [-0.05, 0) is 84.0 Å². The smallest absolute Gasteiger partial charge is 0.255 e. The van der Waals surface area contributed by atoms with Gasteiger partial charge < -0.3 is 19.5 Å². The van der Waals surface area contributed by atoms with E-state index in [1.54, 1.807) is 14.2 Å². The van der Waals surface area contributed by atoms with Crippen molar-refractivity contribution in [2.75, 3.05) is 27.4 Å². The van der Waals surface area contributed by atoms with Crippen molar-refractivity contribution in [3.8, 4) is 22.8 Å². The lowest BCUT2D eigenvalue weighted by atomic mass is 9.89. The Balaban J connectivity index is 1.70. The Hall–Kier alpha value is -3.10. The van der Waals surface area contributed by atoms with Crippen LogP contribution in [-0.4, -0.2) is 33.3 Å². The highest BCUT2D eigenvalue weighted by molar-refractivity contribution is 6.30. The molecule has 1 amide bonds. The maximum Gasteiger partial charge on any atom is 0.255 e. The standard InChI is InChI=1S/C26H28ClNO4/c1-30-24-11-8-19(16-25(24)31-2)12-14-28-26(29)23(18-32-15-5-13-27)22-10-9-20-6-3-4-7-21(20)17-22/h8-11,16-18H,3-4,6-7,12,14-15H2,1-2H3,(H,28,29)/b23-18+. The van der Waals surface area contributed by atoms with E-state index in [0.717, 1.165) is 24.0 Å². The minimum absolute atomic E-state index is 0.122. The molecule has 0 spiro atoms. The number of ether oxygens (including phenoxy) is 3. The Morgan fingerprint density at radius 1 is 1.06 bits per heavy atom. The lowest BCUT2D eigenvalue weighted by Gasteiger charge is -2.17. The molecule has 0 heterocycles. The first-order valence-electron chi connectivity index (χ1n) is 10.7. The van der Waals surface area contributed by atoms with Gasteiger partial charge in [-0.3, -0.25) is 4.79 Å². The van der Waals surface area contributed by atoms with Crippen molar-refractivity contribution in [1.82, 2.24) is 5.32 Å². The Kier molecular flexibility index (Phi) is 8.89. The van der Waals surface area contributed by atoms with Gasteiger partial charge in [0.15, 0.2) is 11.5 Å². The van der Waals surface area contributed by atoms with Crippen molar-refractivity contribution in [2.45, 2.75) is 32.1 Å². The average molecular weight is 454 g/mol. The van der Waals surface area contributed by atoms with E-state index in [4.69, 9.17) is 25.8 Å². The minimum atomic E-state index is -0.194. The van der Waals surface area contributed by atoms with Gasteiger partial charge in [0.2, 0.25) is 0 Å². The number of fused-ring (bicyclic) bond motifs is 1. The number of aryl methyl sites for hydroxylation is 2. The predicted molar refractivity (Wildman–Crippen MR) is 127 cm³/mol. The summed E-state index contributed by atoms with van der Waals surface area (Å²) in [5.74, 6) is 3.77. The highest BCUT2D eigenvalue weighted by Gasteiger charge is 2.16. The Bertz CT molecular complexity index is 1040. The van der Waals surface area contributed by atoms with Crippen LogP contribution in [-0.2, 0) is 28.8 Å². The molecule has 0 unspecified atom stereocenters. The predicted octanol–water partition coefficient (Wildman–Crippen LogP) is 4.50. The van der Waals surface area contributed by atoms with Crippen molar-refractivity contribution in [1.29, 1.82) is 0 Å². The van der Waals surface area contributed by atoms with Crippen LogP contribution >= 0.6 is 11.6 Å². The number of carbonyl (C=O) groups is 1. The van der Waals surface area contributed by atoms with Gasteiger partial charge in [-0.2, -0.15) is 0 Å². The van der Waals surface area contributed by atoms with Gasteiger partial charge in [-0.25, -0.2) is 0 Å². The lowest BCUT2D eigenvalue weighted by Crippen LogP contribution is -2.27. The number of hydrogen-bond donors (Lipinski definition) is 1. The number of hydrogen-bond acceptors (Lipinski definition) is 4. The molecule has 0 aromatic heterocycles. The summed E-state index contributed by atoms with van der Waals surface area (Å²) < 4.78 is 16.1. The third-order valence-corrected chi connectivity index (χ3v) is 5.61. The Labute approximate surface area is 194 Å². The first-order valence-corrected chi connectivity index (χ1v) is 11.1. The highest BCUT2D eigenvalue weighted by Crippen LogP contribution is 2.28. The summed E-state index contributed by atoms with van der Waals surface area (Å²) in [5, 5.41) is 5.26. The maximum atomic E-state index is 13.0. The van der Waals surface area contributed by atoms with Crippen molar-refractivity contribution in [3.05, 3.63) is 64.9 Å². The van der Waals surface area contributed by atoms with Crippen LogP contribution in [0.25, 0.3) is 5.57 Å². The summed E-state index contributed by atoms with van der Waals surface area (Å²) in [6.07, 6.45) is 6.64. The zero-order valence-corrected chi connectivity index (χ0v) is 19.3. The molecule has 1 aliphatic carbocycles. The van der Waals surface area contributed by atoms with Gasteiger partial charge >= 0.3 is 0 Å². The van der Waals surface area contributed by atoms with Gasteiger partial charge in [0.1, 0.15) is 6.61 Å². The Morgan fingerprint density at radius 2 is 1.84 bits per heavy atom. The summed E-state index contributed by atoms with van der Waals surface area (Å²) in [7, 11) is 3.21. The van der Waals surface area contributed by atoms with E-state index < -0.39 is 0 Å². The second-order valence-corrected chi connectivity index (χ2v) is 7.69. The highest BCUT2D eigenvalue weighted by atomic mass is 35.5. The minimum Gasteiger partial charge on any atom is -0.493 e. The van der Waals surface area contributed by atoms with Gasteiger partial charge in [-0.1, -0.05) is 24.3 Å². The molecule has 0 saturated heterocycles. The topological polar surface area (TPSA) is 56.8 Å². The van der Waals surface area contributed by atoms with Crippen molar-refractivity contribution < 1.29 is 19.0 Å². The zero-order chi connectivity index (χ0) is 22.8. The molecular weight excluding hydrogens is 426 g/mol. The summed E-state index contributed by atoms with van der Waals surface area (Å²) in [6, 6.07) is 11.9. The fourth-order valence-electron chi connectivity index (χ4n) is 3.80. The number of methoxy groups -OCH3 is 2. The zero-order valence-electron chi connectivity index (χ0n) is 18.5. The van der Waals surface area contributed by atoms with Gasteiger partial charge in [-0.15, -0.1) is 0 Å². The van der Waals surface area contributed by atoms with Crippen LogP contribution in [0.3, 0.4) is 0 Å². The maximum absolute atomic E-state index is 13.0. The van der Waals surface area contributed by atoms with Crippen molar-refractivity contribution in [2.24, 2.45) is 0 Å². The fourth-order valence-corrected chi connectivity index (χ4v) is 3.85. The molecule has 1 aliphatic rings. The van der Waals surface area contributed by atoms with E-state index in [0.29, 0.717) is 30.0 Å². The number of rotatable bonds is 9. The molecule has 0 radical (unpaired) electrons. The molecule has 3 rings (SSSR count). The van der Waals surface area contributed by atoms with Crippen molar-refractivity contribution >= 4 is 23.1 Å². The third kappa shape index (κ3) is 6.21. The molecule has 0 fully saturated rings. The molecule has 5 nitrogen and oxygen atoms in total. The van der Waals surface area contributed by atoms with E-state index in [1.807, 2.05) is 24.3 Å². The summed E-state index contributed by atoms with van der Waals surface area (Å²) in [6.45, 7) is 0.592. The number of carbonyl (C=O) groups excluding carboxylic acids is 1. The number of benzene rings is 2. The summed E-state index contributed by atoms with van der Waals surface area (Å²) in [4.78, 5) is 13.0. The van der Waals surface area contributed by atoms with Gasteiger partial charge in [0.25, 0.3) is 5.91 Å². The van der Waals surface area contributed by atoms with E-state index >= 15 is 0 Å². The van der Waals surface area contributed by atoms with Crippen LogP contribution in [0.5, 0.6) is 11.5 Å². The SMILES string of the molecule is COc1ccc(CCNC(=O)/C(=C/OCC#CCl)c2ccc3c(c2)CCCC3)cc1OC. The van der Waals surface area contributed by atoms with Crippen LogP contribution < -0.4 is 14.8 Å². The largest absolute Gasteiger partial charge is 0.493 e. The monoisotopic (exact) mass is 453 g/mol. The molecule has 1 N–H and O–H groups in total. The fraction of sp³-hybridized carbons (Fsp3) is 0.346. The molecular formula is C26H28ClNO4. The molecule has 0 aliphatic heterocycles. The molecule has 0 atom stereocenters. The summed E-state index contributed by atoms with van der Waals surface area (Å²) in [5.41, 5.74) is 5.02. The van der Waals surface area contributed by atoms with Crippen molar-refractivity contribution in [3.63, 3.8) is 0 Å². The molecule has 6 heteroatoms. The molecule has 0 bridgehead atoms. The van der Waals surface area contributed by atoms with Crippen LogP contribution in [0, 0.1) is 11.3 Å². The molecule has 2 aromatic rings. The number of amides is 1. The molecule has 168 valence electrons. The van der Waals surface area contributed by atoms with Crippen LogP contribution in [0.4, 0.5) is 0 Å². The van der Waals surface area contributed by atoms with Crippen LogP contribution in [0.2, 0.25) is 0 Å². The lowest BCUT2D eigenvalue weighted by molar-refractivity contribution is -0.115. The quantitative estimate of drug-likeness (QED) is 0.263. The normalized spacial score (nSPS) is 12.8. The summed E-state index contributed by atoms with van der Waals surface area (Å²) >= 11 is 5.39. The Morgan fingerprint density at radius 3 is 2.59 bits per heavy atom. The molecule has 2 aromatic carbocycles. The van der Waals surface area contributed by atoms with Gasteiger partial charge in [0, 0.05) is 11.9 Å². The first kappa shape index (κ1) is 23.6. The molecule has 32 heavy (non-hydrogen) atoms. The third-order valence-electron chi connectivity index (χ3n) is 5.47. The van der Waals surface area contributed by atoms with E-state index in [2.05, 4.69) is 28.7 Å². The van der Waals surface area contributed by atoms with Crippen LogP contribution in [0.1, 0.15) is 35.1 Å². The molecule has 0 saturated carbocycles. The van der Waals surface area contributed by atoms with E-state index in [1.165, 1.54) is 30.2 Å². The van der Waals surface area contributed by atoms with Crippen LogP contribution in [0.15, 0.2) is 42.7 Å². The number of halogens is 1. The number of nitrogens with one attached hydrogen (secondary N) is 1. The van der Waals surface area contributed by atoms with Gasteiger partial charge in [0.05, 0.1) is 26.1 Å². The second-order valence-electron chi connectivity index (χ2n) is 7.50.